The van der Waals surface area contributed by atoms with Crippen LogP contribution in [-0.4, -0.2) is 17.4 Å². The number of hydrogen-bond acceptors (Lipinski definition) is 2. The molecule has 1 amide bonds. The number of carbonyl (C=O) groups excluding carboxylic acids is 1. The van der Waals surface area contributed by atoms with Gasteiger partial charge in [-0.2, -0.15) is 0 Å². The van der Waals surface area contributed by atoms with E-state index in [0.717, 1.165) is 19.4 Å². The molecule has 1 saturated heterocycles. The number of fused-ring (bicyclic) bond motifs is 2. The average molecular weight is 205 g/mol. The van der Waals surface area contributed by atoms with Crippen LogP contribution in [0.4, 0.5) is 0 Å². The smallest absolute Gasteiger partial charge is 0.231 e. The molecule has 3 rings (SSSR count). The molecule has 0 spiro atoms. The summed E-state index contributed by atoms with van der Waals surface area (Å²) < 4.78 is 0. The topological polar surface area (TPSA) is 20.3 Å². The van der Waals surface area contributed by atoms with Crippen molar-refractivity contribution in [2.24, 2.45) is 0 Å². The van der Waals surface area contributed by atoms with Gasteiger partial charge >= 0.3 is 0 Å². The lowest BCUT2D eigenvalue weighted by Gasteiger charge is -2.15. The molecule has 72 valence electrons. The first-order chi connectivity index (χ1) is 6.84. The van der Waals surface area contributed by atoms with Gasteiger partial charge in [0, 0.05) is 17.1 Å². The van der Waals surface area contributed by atoms with Crippen LogP contribution in [0.1, 0.15) is 23.3 Å². The van der Waals surface area contributed by atoms with E-state index in [2.05, 4.69) is 17.5 Å². The van der Waals surface area contributed by atoms with Crippen molar-refractivity contribution in [1.29, 1.82) is 0 Å². The van der Waals surface area contributed by atoms with Gasteiger partial charge < -0.3 is 4.90 Å². The maximum absolute atomic E-state index is 11.8. The normalized spacial score (nSPS) is 20.1. The van der Waals surface area contributed by atoms with Gasteiger partial charge in [0.1, 0.15) is 0 Å². The zero-order valence-electron chi connectivity index (χ0n) is 7.82. The van der Waals surface area contributed by atoms with Gasteiger partial charge in [-0.05, 0) is 35.9 Å². The predicted molar refractivity (Wildman–Crippen MR) is 56.9 cm³/mol. The van der Waals surface area contributed by atoms with E-state index < -0.39 is 0 Å². The first-order valence-electron chi connectivity index (χ1n) is 4.92. The summed E-state index contributed by atoms with van der Waals surface area (Å²) in [6.07, 6.45) is 4.96. The van der Waals surface area contributed by atoms with Crippen molar-refractivity contribution in [2.45, 2.75) is 19.3 Å². The molecule has 1 aromatic heterocycles. The number of thiophene rings is 1. The van der Waals surface area contributed by atoms with E-state index in [1.165, 1.54) is 16.1 Å². The molecule has 0 bridgehead atoms. The fraction of sp³-hybridized carbons (Fsp3) is 0.364. The minimum Gasteiger partial charge on any atom is -0.316 e. The van der Waals surface area contributed by atoms with Crippen LogP contribution in [0.3, 0.4) is 0 Å². The monoisotopic (exact) mass is 205 g/mol. The van der Waals surface area contributed by atoms with E-state index >= 15 is 0 Å². The summed E-state index contributed by atoms with van der Waals surface area (Å²) in [4.78, 5) is 15.1. The molecule has 0 atom stereocenters. The van der Waals surface area contributed by atoms with E-state index in [9.17, 15) is 4.79 Å². The summed E-state index contributed by atoms with van der Waals surface area (Å²) >= 11 is 1.73. The number of rotatable bonds is 0. The Morgan fingerprint density at radius 1 is 1.43 bits per heavy atom. The number of allylic oxidation sites excluding steroid dienone is 1. The van der Waals surface area contributed by atoms with Crippen LogP contribution in [0.2, 0.25) is 0 Å². The molecule has 0 unspecified atom stereocenters. The van der Waals surface area contributed by atoms with Gasteiger partial charge in [-0.25, -0.2) is 0 Å². The minimum absolute atomic E-state index is 0.269. The lowest BCUT2D eigenvalue weighted by Crippen LogP contribution is -2.26. The van der Waals surface area contributed by atoms with E-state index in [1.54, 1.807) is 11.3 Å². The van der Waals surface area contributed by atoms with Gasteiger partial charge in [0.05, 0.1) is 6.42 Å². The van der Waals surface area contributed by atoms with Gasteiger partial charge in [0.2, 0.25) is 5.91 Å². The van der Waals surface area contributed by atoms with Crippen LogP contribution in [-0.2, 0) is 11.2 Å². The molecule has 0 radical (unpaired) electrons. The van der Waals surface area contributed by atoms with Crippen LogP contribution in [0.5, 0.6) is 0 Å². The van der Waals surface area contributed by atoms with Crippen molar-refractivity contribution in [3.63, 3.8) is 0 Å². The lowest BCUT2D eigenvalue weighted by molar-refractivity contribution is -0.127. The number of carbonyl (C=O) groups is 1. The maximum atomic E-state index is 11.8. The van der Waals surface area contributed by atoms with Crippen LogP contribution >= 0.6 is 11.3 Å². The Hall–Kier alpha value is -1.09. The molecule has 3 heterocycles. The van der Waals surface area contributed by atoms with Crippen molar-refractivity contribution in [3.05, 3.63) is 27.6 Å². The van der Waals surface area contributed by atoms with Crippen LogP contribution in [0, 0.1) is 0 Å². The first kappa shape index (κ1) is 8.24. The van der Waals surface area contributed by atoms with Gasteiger partial charge in [0.25, 0.3) is 0 Å². The molecular formula is C11H11NOS. The molecule has 1 aromatic rings. The summed E-state index contributed by atoms with van der Waals surface area (Å²) in [6.45, 7) is 0.916. The lowest BCUT2D eigenvalue weighted by atomic mass is 10.2. The fourth-order valence-corrected chi connectivity index (χ4v) is 3.04. The number of amides is 1. The third kappa shape index (κ3) is 1.12. The maximum Gasteiger partial charge on any atom is 0.231 e. The van der Waals surface area contributed by atoms with Gasteiger partial charge in [-0.3, -0.25) is 4.79 Å². The van der Waals surface area contributed by atoms with Crippen molar-refractivity contribution < 1.29 is 4.79 Å². The molecule has 1 fully saturated rings. The zero-order chi connectivity index (χ0) is 9.54. The molecule has 3 heteroatoms. The highest BCUT2D eigenvalue weighted by atomic mass is 32.1. The second-order valence-corrected chi connectivity index (χ2v) is 4.72. The Bertz CT molecular complexity index is 419. The third-order valence-electron chi connectivity index (χ3n) is 2.88. The summed E-state index contributed by atoms with van der Waals surface area (Å²) in [5.74, 6) is 0.269. The SMILES string of the molecule is O=C1Cc2ccsc2C=C2CCCN12. The molecule has 14 heavy (non-hydrogen) atoms. The largest absolute Gasteiger partial charge is 0.316 e. The van der Waals surface area contributed by atoms with Crippen LogP contribution in [0.15, 0.2) is 17.1 Å². The average Bonchev–Trinajstić information content (AvgIpc) is 2.75. The standard InChI is InChI=1S/C11H11NOS/c13-11-6-8-3-5-14-10(8)7-9-2-1-4-12(9)11/h3,5,7H,1-2,4,6H2. The third-order valence-corrected chi connectivity index (χ3v) is 3.79. The van der Waals surface area contributed by atoms with Crippen molar-refractivity contribution in [2.75, 3.05) is 6.54 Å². The van der Waals surface area contributed by atoms with Gasteiger partial charge in [-0.15, -0.1) is 11.3 Å². The van der Waals surface area contributed by atoms with Gasteiger partial charge in [0.15, 0.2) is 0 Å². The fourth-order valence-electron chi connectivity index (χ4n) is 2.16. The van der Waals surface area contributed by atoms with Crippen molar-refractivity contribution in [1.82, 2.24) is 4.90 Å². The summed E-state index contributed by atoms with van der Waals surface area (Å²) in [5.41, 5.74) is 2.41. The molecule has 0 aliphatic carbocycles. The van der Waals surface area contributed by atoms with E-state index in [-0.39, 0.29) is 5.91 Å². The Labute approximate surface area is 86.8 Å². The molecule has 0 saturated carbocycles. The Balaban J connectivity index is 2.12. The first-order valence-corrected chi connectivity index (χ1v) is 5.80. The Morgan fingerprint density at radius 3 is 3.29 bits per heavy atom. The van der Waals surface area contributed by atoms with Crippen LogP contribution in [0.25, 0.3) is 6.08 Å². The summed E-state index contributed by atoms with van der Waals surface area (Å²) in [7, 11) is 0. The zero-order valence-corrected chi connectivity index (χ0v) is 8.64. The highest BCUT2D eigenvalue weighted by molar-refractivity contribution is 7.11. The highest BCUT2D eigenvalue weighted by Crippen LogP contribution is 2.31. The summed E-state index contributed by atoms with van der Waals surface area (Å²) in [6, 6.07) is 2.07. The number of hydrogen-bond donors (Lipinski definition) is 0. The quantitative estimate of drug-likeness (QED) is 0.636. The molecule has 0 aromatic carbocycles. The molecule has 2 aliphatic rings. The number of nitrogens with zero attached hydrogens (tertiary/aromatic N) is 1. The van der Waals surface area contributed by atoms with E-state index in [1.807, 2.05) is 4.90 Å². The molecular weight excluding hydrogens is 194 g/mol. The van der Waals surface area contributed by atoms with Crippen molar-refractivity contribution >= 4 is 23.3 Å². The molecule has 2 nitrogen and oxygen atoms in total. The Morgan fingerprint density at radius 2 is 2.36 bits per heavy atom. The van der Waals surface area contributed by atoms with E-state index in [0.29, 0.717) is 6.42 Å². The highest BCUT2D eigenvalue weighted by Gasteiger charge is 2.26. The minimum atomic E-state index is 0.269. The van der Waals surface area contributed by atoms with Crippen LogP contribution < -0.4 is 0 Å². The molecule has 0 N–H and O–H groups in total. The summed E-state index contributed by atoms with van der Waals surface area (Å²) in [5, 5.41) is 2.07. The van der Waals surface area contributed by atoms with Gasteiger partial charge in [-0.1, -0.05) is 0 Å². The second kappa shape index (κ2) is 2.95. The second-order valence-electron chi connectivity index (χ2n) is 3.77. The predicted octanol–water partition coefficient (Wildman–Crippen LogP) is 2.27. The Kier molecular flexibility index (Phi) is 1.74. The molecule has 2 aliphatic heterocycles. The van der Waals surface area contributed by atoms with Crippen molar-refractivity contribution in [3.8, 4) is 0 Å². The van der Waals surface area contributed by atoms with E-state index in [4.69, 9.17) is 0 Å².